The van der Waals surface area contributed by atoms with E-state index in [9.17, 15) is 22.4 Å². The Hall–Kier alpha value is -3.92. The van der Waals surface area contributed by atoms with Gasteiger partial charge < -0.3 is 15.0 Å². The predicted molar refractivity (Wildman–Crippen MR) is 144 cm³/mol. The zero-order chi connectivity index (χ0) is 27.7. The Morgan fingerprint density at radius 2 is 1.66 bits per heavy atom. The molecule has 8 nitrogen and oxygen atoms in total. The molecule has 0 saturated carbocycles. The first kappa shape index (κ1) is 28.6. The number of anilines is 1. The monoisotopic (exact) mass is 541 g/mol. The topological polar surface area (TPSA) is 96.0 Å². The van der Waals surface area contributed by atoms with E-state index in [1.54, 1.807) is 68.4 Å². The molecular weight excluding hydrogens is 509 g/mol. The minimum Gasteiger partial charge on any atom is -0.497 e. The lowest BCUT2D eigenvalue weighted by atomic mass is 10.1. The van der Waals surface area contributed by atoms with Crippen LogP contribution in [0, 0.1) is 5.82 Å². The predicted octanol–water partition coefficient (Wildman–Crippen LogP) is 3.97. The quantitative estimate of drug-likeness (QED) is 0.374. The summed E-state index contributed by atoms with van der Waals surface area (Å²) in [5.41, 5.74) is 0.977. The van der Waals surface area contributed by atoms with E-state index in [4.69, 9.17) is 4.74 Å². The maximum Gasteiger partial charge on any atom is 0.264 e. The summed E-state index contributed by atoms with van der Waals surface area (Å²) < 4.78 is 47.1. The molecule has 0 fully saturated rings. The molecule has 0 heterocycles. The number of hydrogen-bond acceptors (Lipinski definition) is 5. The van der Waals surface area contributed by atoms with Crippen LogP contribution in [0.25, 0.3) is 0 Å². The second-order valence-electron chi connectivity index (χ2n) is 8.49. The van der Waals surface area contributed by atoms with Crippen LogP contribution in [0.2, 0.25) is 0 Å². The Kier molecular flexibility index (Phi) is 9.84. The van der Waals surface area contributed by atoms with Crippen molar-refractivity contribution >= 4 is 27.5 Å². The molecule has 0 aliphatic rings. The molecule has 0 radical (unpaired) electrons. The molecule has 1 atom stereocenters. The molecule has 3 aromatic rings. The number of carbonyl (C=O) groups is 2. The van der Waals surface area contributed by atoms with Crippen molar-refractivity contribution in [3.63, 3.8) is 0 Å². The number of benzene rings is 3. The maximum absolute atomic E-state index is 13.9. The number of likely N-dealkylation sites (N-methyl/N-ethyl adjacent to an activating group) is 1. The van der Waals surface area contributed by atoms with Crippen LogP contribution in [0.4, 0.5) is 10.1 Å². The Balaban J connectivity index is 2.04. The van der Waals surface area contributed by atoms with Gasteiger partial charge in [-0.1, -0.05) is 37.3 Å². The second kappa shape index (κ2) is 13.0. The van der Waals surface area contributed by atoms with Crippen molar-refractivity contribution in [2.24, 2.45) is 0 Å². The van der Waals surface area contributed by atoms with Crippen molar-refractivity contribution in [3.05, 3.63) is 90.2 Å². The molecule has 202 valence electrons. The molecule has 0 aliphatic carbocycles. The van der Waals surface area contributed by atoms with Crippen LogP contribution >= 0.6 is 0 Å². The van der Waals surface area contributed by atoms with Crippen LogP contribution in [0.15, 0.2) is 83.8 Å². The Labute approximate surface area is 223 Å². The van der Waals surface area contributed by atoms with Gasteiger partial charge in [-0.05, 0) is 67.4 Å². The summed E-state index contributed by atoms with van der Waals surface area (Å²) in [5, 5.41) is 2.76. The molecule has 38 heavy (non-hydrogen) atoms. The first-order chi connectivity index (χ1) is 18.2. The third kappa shape index (κ3) is 6.89. The van der Waals surface area contributed by atoms with Gasteiger partial charge in [0.1, 0.15) is 24.2 Å². The van der Waals surface area contributed by atoms with Crippen LogP contribution in [0.1, 0.15) is 25.8 Å². The summed E-state index contributed by atoms with van der Waals surface area (Å²) >= 11 is 0. The number of hydrogen-bond donors (Lipinski definition) is 1. The van der Waals surface area contributed by atoms with Gasteiger partial charge in [-0.15, -0.1) is 0 Å². The molecule has 3 rings (SSSR count). The maximum atomic E-state index is 13.9. The highest BCUT2D eigenvalue weighted by Crippen LogP contribution is 2.25. The SMILES string of the molecule is CCNC(=O)C(CC)N(Cc1cccc(OC)c1)C(=O)CN(c1ccccc1)S(=O)(=O)c1ccc(F)cc1. The third-order valence-electron chi connectivity index (χ3n) is 5.95. The van der Waals surface area contributed by atoms with Crippen molar-refractivity contribution in [1.82, 2.24) is 10.2 Å². The van der Waals surface area contributed by atoms with E-state index in [0.29, 0.717) is 24.3 Å². The first-order valence-corrected chi connectivity index (χ1v) is 13.7. The molecule has 0 aliphatic heterocycles. The number of halogens is 1. The van der Waals surface area contributed by atoms with Crippen LogP contribution < -0.4 is 14.4 Å². The number of methoxy groups -OCH3 is 1. The summed E-state index contributed by atoms with van der Waals surface area (Å²) in [4.78, 5) is 28.0. The Morgan fingerprint density at radius 3 is 2.26 bits per heavy atom. The summed E-state index contributed by atoms with van der Waals surface area (Å²) in [6.45, 7) is 3.45. The number of carbonyl (C=O) groups excluding carboxylic acids is 2. The zero-order valence-electron chi connectivity index (χ0n) is 21.6. The van der Waals surface area contributed by atoms with Crippen molar-refractivity contribution in [2.75, 3.05) is 24.5 Å². The summed E-state index contributed by atoms with van der Waals surface area (Å²) in [5.74, 6) is -0.895. The molecular formula is C28H32FN3O5S. The number of sulfonamides is 1. The standard InChI is InChI=1S/C28H32FN3O5S/c1-4-26(28(34)30-5-2)31(19-21-10-9-13-24(18-21)37-3)27(33)20-32(23-11-7-6-8-12-23)38(35,36)25-16-14-22(29)15-17-25/h6-18,26H,4-5,19-20H2,1-3H3,(H,30,34). The fourth-order valence-corrected chi connectivity index (χ4v) is 5.45. The number of nitrogens with zero attached hydrogens (tertiary/aromatic N) is 2. The molecule has 1 N–H and O–H groups in total. The molecule has 1 unspecified atom stereocenters. The van der Waals surface area contributed by atoms with Gasteiger partial charge in [0.25, 0.3) is 10.0 Å². The highest BCUT2D eigenvalue weighted by Gasteiger charge is 2.33. The molecule has 2 amide bonds. The number of amides is 2. The average molecular weight is 542 g/mol. The molecule has 0 aromatic heterocycles. The van der Waals surface area contributed by atoms with E-state index in [2.05, 4.69) is 5.32 Å². The van der Waals surface area contributed by atoms with E-state index >= 15 is 0 Å². The Bertz CT molecular complexity index is 1330. The van der Waals surface area contributed by atoms with Crippen molar-refractivity contribution < 1.29 is 27.1 Å². The van der Waals surface area contributed by atoms with Crippen LogP contribution in [0.5, 0.6) is 5.75 Å². The van der Waals surface area contributed by atoms with E-state index in [1.165, 1.54) is 12.0 Å². The summed E-state index contributed by atoms with van der Waals surface area (Å²) in [6, 6.07) is 18.9. The molecule has 3 aromatic carbocycles. The second-order valence-corrected chi connectivity index (χ2v) is 10.4. The van der Waals surface area contributed by atoms with Crippen LogP contribution in [-0.2, 0) is 26.2 Å². The lowest BCUT2D eigenvalue weighted by Crippen LogP contribution is -2.52. The number of para-hydroxylation sites is 1. The lowest BCUT2D eigenvalue weighted by Gasteiger charge is -2.33. The Morgan fingerprint density at radius 1 is 0.974 bits per heavy atom. The van der Waals surface area contributed by atoms with Gasteiger partial charge in [0, 0.05) is 13.1 Å². The fourth-order valence-electron chi connectivity index (χ4n) is 4.04. The van der Waals surface area contributed by atoms with Crippen LogP contribution in [-0.4, -0.2) is 51.4 Å². The third-order valence-corrected chi connectivity index (χ3v) is 7.74. The van der Waals surface area contributed by atoms with Crippen molar-refractivity contribution in [2.45, 2.75) is 37.8 Å². The number of ether oxygens (including phenoxy) is 1. The van der Waals surface area contributed by atoms with Gasteiger partial charge in [0.05, 0.1) is 17.7 Å². The van der Waals surface area contributed by atoms with Crippen LogP contribution in [0.3, 0.4) is 0 Å². The minimum atomic E-state index is -4.25. The summed E-state index contributed by atoms with van der Waals surface area (Å²) in [6.07, 6.45) is 0.317. The first-order valence-electron chi connectivity index (χ1n) is 12.2. The van der Waals surface area contributed by atoms with Crippen molar-refractivity contribution in [1.29, 1.82) is 0 Å². The lowest BCUT2D eigenvalue weighted by molar-refractivity contribution is -0.140. The van der Waals surface area contributed by atoms with Gasteiger partial charge >= 0.3 is 0 Å². The van der Waals surface area contributed by atoms with Gasteiger partial charge in [-0.2, -0.15) is 0 Å². The fraction of sp³-hybridized carbons (Fsp3) is 0.286. The highest BCUT2D eigenvalue weighted by molar-refractivity contribution is 7.92. The number of rotatable bonds is 12. The van der Waals surface area contributed by atoms with E-state index in [-0.39, 0.29) is 23.0 Å². The van der Waals surface area contributed by atoms with E-state index < -0.39 is 34.3 Å². The number of nitrogens with one attached hydrogen (secondary N) is 1. The summed E-state index contributed by atoms with van der Waals surface area (Å²) in [7, 11) is -2.72. The van der Waals surface area contributed by atoms with E-state index in [0.717, 1.165) is 28.6 Å². The zero-order valence-corrected chi connectivity index (χ0v) is 22.4. The molecule has 10 heteroatoms. The molecule has 0 spiro atoms. The smallest absolute Gasteiger partial charge is 0.264 e. The van der Waals surface area contributed by atoms with Gasteiger partial charge in [0.15, 0.2) is 0 Å². The average Bonchev–Trinajstić information content (AvgIpc) is 2.92. The van der Waals surface area contributed by atoms with Gasteiger partial charge in [-0.25, -0.2) is 12.8 Å². The van der Waals surface area contributed by atoms with Crippen molar-refractivity contribution in [3.8, 4) is 5.75 Å². The normalized spacial score (nSPS) is 11.9. The minimum absolute atomic E-state index is 0.0604. The van der Waals surface area contributed by atoms with Gasteiger partial charge in [-0.3, -0.25) is 13.9 Å². The van der Waals surface area contributed by atoms with E-state index in [1.807, 2.05) is 0 Å². The molecule has 0 bridgehead atoms. The van der Waals surface area contributed by atoms with Gasteiger partial charge in [0.2, 0.25) is 11.8 Å². The largest absolute Gasteiger partial charge is 0.497 e. The highest BCUT2D eigenvalue weighted by atomic mass is 32.2. The molecule has 0 saturated heterocycles.